The van der Waals surface area contributed by atoms with Gasteiger partial charge < -0.3 is 9.64 Å². The van der Waals surface area contributed by atoms with Crippen molar-refractivity contribution in [2.75, 3.05) is 11.5 Å². The maximum atomic E-state index is 11.8. The molecular weight excluding hydrogens is 288 g/mol. The maximum absolute atomic E-state index is 11.8. The maximum Gasteiger partial charge on any atom is 0.313 e. The van der Waals surface area contributed by atoms with Crippen molar-refractivity contribution >= 4 is 17.5 Å². The van der Waals surface area contributed by atoms with Gasteiger partial charge in [0.25, 0.3) is 0 Å². The molecule has 1 N–H and O–H groups in total. The van der Waals surface area contributed by atoms with E-state index < -0.39 is 0 Å². The molecule has 1 atom stereocenters. The number of hydrogen-bond acceptors (Lipinski definition) is 3. The molecule has 4 heteroatoms. The van der Waals surface area contributed by atoms with Gasteiger partial charge in [0.2, 0.25) is 0 Å². The summed E-state index contributed by atoms with van der Waals surface area (Å²) < 4.78 is 5.06. The molecule has 3 rings (SSSR count). The normalized spacial score (nSPS) is 14.5. The summed E-state index contributed by atoms with van der Waals surface area (Å²) in [6.45, 7) is 4.76. The average Bonchev–Trinajstić information content (AvgIpc) is 2.92. The minimum Gasteiger partial charge on any atom is -0.466 e. The Kier molecular flexibility index (Phi) is 4.15. The second-order valence-corrected chi connectivity index (χ2v) is 5.66. The second kappa shape index (κ2) is 6.24. The molecule has 1 aliphatic heterocycles. The smallest absolute Gasteiger partial charge is 0.313 e. The van der Waals surface area contributed by atoms with E-state index in [4.69, 9.17) is 10.1 Å². The van der Waals surface area contributed by atoms with Crippen molar-refractivity contribution in [2.24, 2.45) is 0 Å². The third kappa shape index (κ3) is 2.84. The van der Waals surface area contributed by atoms with E-state index >= 15 is 0 Å². The lowest BCUT2D eigenvalue weighted by molar-refractivity contribution is -0.144. The summed E-state index contributed by atoms with van der Waals surface area (Å²) in [7, 11) is 0. The van der Waals surface area contributed by atoms with Crippen LogP contribution in [0.25, 0.3) is 0 Å². The number of carbonyl (C=O) groups excluding carboxylic acids is 1. The van der Waals surface area contributed by atoms with Gasteiger partial charge in [-0.15, -0.1) is 0 Å². The summed E-state index contributed by atoms with van der Waals surface area (Å²) in [6, 6.07) is 15.8. The molecule has 4 nitrogen and oxygen atoms in total. The lowest BCUT2D eigenvalue weighted by Crippen LogP contribution is -2.23. The van der Waals surface area contributed by atoms with E-state index in [2.05, 4.69) is 6.07 Å². The number of esters is 1. The molecule has 23 heavy (non-hydrogen) atoms. The summed E-state index contributed by atoms with van der Waals surface area (Å²) in [6.07, 6.45) is 0. The SMILES string of the molecule is CCOC(=O)C(C)c1ccc(N2Cc3ccccc3C2=N)cc1. The van der Waals surface area contributed by atoms with Crippen LogP contribution in [0.15, 0.2) is 48.5 Å². The summed E-state index contributed by atoms with van der Waals surface area (Å²) in [5.41, 5.74) is 4.04. The highest BCUT2D eigenvalue weighted by atomic mass is 16.5. The van der Waals surface area contributed by atoms with E-state index in [0.29, 0.717) is 19.0 Å². The van der Waals surface area contributed by atoms with Gasteiger partial charge in [0.05, 0.1) is 19.1 Å². The molecular formula is C19H20N2O2. The first-order valence-electron chi connectivity index (χ1n) is 7.82. The Labute approximate surface area is 136 Å². The minimum atomic E-state index is -0.278. The van der Waals surface area contributed by atoms with Gasteiger partial charge in [-0.2, -0.15) is 0 Å². The number of anilines is 1. The number of rotatable bonds is 4. The monoisotopic (exact) mass is 308 g/mol. The van der Waals surface area contributed by atoms with E-state index in [1.54, 1.807) is 0 Å². The highest BCUT2D eigenvalue weighted by Crippen LogP contribution is 2.29. The number of benzene rings is 2. The van der Waals surface area contributed by atoms with Crippen molar-refractivity contribution in [1.82, 2.24) is 0 Å². The third-order valence-corrected chi connectivity index (χ3v) is 4.22. The first-order valence-corrected chi connectivity index (χ1v) is 7.82. The van der Waals surface area contributed by atoms with Crippen molar-refractivity contribution in [1.29, 1.82) is 5.41 Å². The fourth-order valence-electron chi connectivity index (χ4n) is 2.85. The van der Waals surface area contributed by atoms with E-state index in [1.165, 1.54) is 5.56 Å². The highest BCUT2D eigenvalue weighted by molar-refractivity contribution is 6.11. The number of carbonyl (C=O) groups is 1. The highest BCUT2D eigenvalue weighted by Gasteiger charge is 2.25. The van der Waals surface area contributed by atoms with Crippen molar-refractivity contribution in [2.45, 2.75) is 26.3 Å². The lowest BCUT2D eigenvalue weighted by atomic mass is 10.0. The third-order valence-electron chi connectivity index (χ3n) is 4.22. The number of nitrogens with one attached hydrogen (secondary N) is 1. The molecule has 0 aromatic heterocycles. The number of hydrogen-bond donors (Lipinski definition) is 1. The Morgan fingerprint density at radius 2 is 1.91 bits per heavy atom. The van der Waals surface area contributed by atoms with Crippen LogP contribution in [0.2, 0.25) is 0 Å². The zero-order chi connectivity index (χ0) is 16.4. The van der Waals surface area contributed by atoms with E-state index in [0.717, 1.165) is 16.8 Å². The van der Waals surface area contributed by atoms with Crippen molar-refractivity contribution in [3.05, 3.63) is 65.2 Å². The quantitative estimate of drug-likeness (QED) is 0.876. The fourth-order valence-corrected chi connectivity index (χ4v) is 2.85. The first kappa shape index (κ1) is 15.3. The standard InChI is InChI=1S/C19H20N2O2/c1-3-23-19(22)13(2)14-8-10-16(11-9-14)21-12-15-6-4-5-7-17(15)18(21)20/h4-11,13,20H,3,12H2,1-2H3. The summed E-state index contributed by atoms with van der Waals surface area (Å²) in [4.78, 5) is 13.8. The Balaban J connectivity index is 1.79. The van der Waals surface area contributed by atoms with Crippen LogP contribution in [0.1, 0.15) is 36.5 Å². The van der Waals surface area contributed by atoms with Crippen LogP contribution in [0.4, 0.5) is 5.69 Å². The van der Waals surface area contributed by atoms with Crippen LogP contribution in [0, 0.1) is 5.41 Å². The van der Waals surface area contributed by atoms with Gasteiger partial charge in [-0.25, -0.2) is 0 Å². The van der Waals surface area contributed by atoms with Gasteiger partial charge in [-0.3, -0.25) is 10.2 Å². The Bertz CT molecular complexity index is 737. The molecule has 0 radical (unpaired) electrons. The van der Waals surface area contributed by atoms with Crippen molar-refractivity contribution in [3.8, 4) is 0 Å². The van der Waals surface area contributed by atoms with Crippen LogP contribution in [-0.4, -0.2) is 18.4 Å². The molecule has 118 valence electrons. The van der Waals surface area contributed by atoms with E-state index in [1.807, 2.05) is 61.2 Å². The molecule has 1 heterocycles. The molecule has 1 unspecified atom stereocenters. The van der Waals surface area contributed by atoms with Gasteiger partial charge in [-0.1, -0.05) is 36.4 Å². The largest absolute Gasteiger partial charge is 0.466 e. The van der Waals surface area contributed by atoms with Crippen molar-refractivity contribution < 1.29 is 9.53 Å². The molecule has 0 spiro atoms. The van der Waals surface area contributed by atoms with E-state index in [-0.39, 0.29) is 11.9 Å². The molecule has 0 bridgehead atoms. The molecule has 0 saturated carbocycles. The van der Waals surface area contributed by atoms with Crippen LogP contribution < -0.4 is 4.90 Å². The van der Waals surface area contributed by atoms with Crippen LogP contribution >= 0.6 is 0 Å². The van der Waals surface area contributed by atoms with E-state index in [9.17, 15) is 4.79 Å². The van der Waals surface area contributed by atoms with Gasteiger partial charge in [0, 0.05) is 11.3 Å². The summed E-state index contributed by atoms with van der Waals surface area (Å²) in [5.74, 6) is 0.0348. The molecule has 0 saturated heterocycles. The summed E-state index contributed by atoms with van der Waals surface area (Å²) >= 11 is 0. The Morgan fingerprint density at radius 1 is 1.22 bits per heavy atom. The van der Waals surface area contributed by atoms with Crippen LogP contribution in [-0.2, 0) is 16.1 Å². The number of nitrogens with zero attached hydrogens (tertiary/aromatic N) is 1. The van der Waals surface area contributed by atoms with Gasteiger partial charge in [0.1, 0.15) is 5.84 Å². The Morgan fingerprint density at radius 3 is 2.57 bits per heavy atom. The topological polar surface area (TPSA) is 53.4 Å². The number of ether oxygens (including phenoxy) is 1. The Hall–Kier alpha value is -2.62. The average molecular weight is 308 g/mol. The van der Waals surface area contributed by atoms with Crippen LogP contribution in [0.5, 0.6) is 0 Å². The molecule has 0 amide bonds. The first-order chi connectivity index (χ1) is 11.1. The van der Waals surface area contributed by atoms with Gasteiger partial charge in [0.15, 0.2) is 0 Å². The van der Waals surface area contributed by atoms with Crippen molar-refractivity contribution in [3.63, 3.8) is 0 Å². The van der Waals surface area contributed by atoms with Crippen LogP contribution in [0.3, 0.4) is 0 Å². The lowest BCUT2D eigenvalue weighted by Gasteiger charge is -2.19. The van der Waals surface area contributed by atoms with Gasteiger partial charge >= 0.3 is 5.97 Å². The minimum absolute atomic E-state index is 0.207. The molecule has 0 aliphatic carbocycles. The zero-order valence-electron chi connectivity index (χ0n) is 13.4. The molecule has 2 aromatic rings. The molecule has 2 aromatic carbocycles. The fraction of sp³-hybridized carbons (Fsp3) is 0.263. The van der Waals surface area contributed by atoms with Gasteiger partial charge in [-0.05, 0) is 37.1 Å². The number of fused-ring (bicyclic) bond motifs is 1. The second-order valence-electron chi connectivity index (χ2n) is 5.66. The summed E-state index contributed by atoms with van der Waals surface area (Å²) in [5, 5.41) is 8.34. The molecule has 1 aliphatic rings. The molecule has 0 fully saturated rings. The zero-order valence-corrected chi connectivity index (χ0v) is 13.4. The number of amidine groups is 1. The predicted octanol–water partition coefficient (Wildman–Crippen LogP) is 3.70. The predicted molar refractivity (Wildman–Crippen MR) is 90.9 cm³/mol.